The molecule has 0 aromatic carbocycles. The Labute approximate surface area is 91.2 Å². The summed E-state index contributed by atoms with van der Waals surface area (Å²) in [5.74, 6) is -0.510. The van der Waals surface area contributed by atoms with Gasteiger partial charge in [0.15, 0.2) is 5.69 Å². The van der Waals surface area contributed by atoms with E-state index in [0.29, 0.717) is 16.9 Å². The van der Waals surface area contributed by atoms with Gasteiger partial charge in [0.1, 0.15) is 0 Å². The van der Waals surface area contributed by atoms with Crippen molar-refractivity contribution in [3.8, 4) is 11.3 Å². The van der Waals surface area contributed by atoms with Crippen molar-refractivity contribution < 1.29 is 9.53 Å². The molecule has 7 heteroatoms. The zero-order valence-electron chi connectivity index (χ0n) is 8.89. The average molecular weight is 221 g/mol. The number of aromatic nitrogens is 4. The first-order valence-corrected chi connectivity index (χ1v) is 4.54. The molecule has 2 rings (SSSR count). The third-order valence-electron chi connectivity index (χ3n) is 2.15. The van der Waals surface area contributed by atoms with Gasteiger partial charge in [-0.3, -0.25) is 9.78 Å². The zero-order valence-corrected chi connectivity index (χ0v) is 8.89. The fraction of sp³-hybridized carbons (Fsp3) is 0.222. The standard InChI is InChI=1S/C9H11N5O2/c1-14-4-5(7-6(10)3-11-12-7)8(13-14)9(15)16-2/h3-4H,10H2,1-2H3,(H,11,12). The number of nitrogen functional groups attached to an aromatic ring is 1. The highest BCUT2D eigenvalue weighted by Gasteiger charge is 2.20. The number of nitrogens with zero attached hydrogens (tertiary/aromatic N) is 3. The van der Waals surface area contributed by atoms with Crippen molar-refractivity contribution in [3.63, 3.8) is 0 Å². The lowest BCUT2D eigenvalue weighted by atomic mass is 10.1. The minimum absolute atomic E-state index is 0.209. The third kappa shape index (κ3) is 1.52. The molecule has 2 heterocycles. The number of hydrogen-bond donors (Lipinski definition) is 2. The van der Waals surface area contributed by atoms with E-state index in [9.17, 15) is 4.79 Å². The van der Waals surface area contributed by atoms with Crippen LogP contribution in [-0.4, -0.2) is 33.1 Å². The summed E-state index contributed by atoms with van der Waals surface area (Å²) in [6.07, 6.45) is 3.15. The Morgan fingerprint density at radius 1 is 1.62 bits per heavy atom. The molecular formula is C9H11N5O2. The van der Waals surface area contributed by atoms with Gasteiger partial charge in [0, 0.05) is 13.2 Å². The molecule has 0 saturated heterocycles. The number of H-pyrrole nitrogens is 1. The van der Waals surface area contributed by atoms with E-state index >= 15 is 0 Å². The second kappa shape index (κ2) is 3.69. The fourth-order valence-corrected chi connectivity index (χ4v) is 1.43. The topological polar surface area (TPSA) is 98.8 Å². The number of carbonyl (C=O) groups excluding carboxylic acids is 1. The van der Waals surface area contributed by atoms with E-state index in [4.69, 9.17) is 5.73 Å². The number of esters is 1. The number of aryl methyl sites for hydroxylation is 1. The van der Waals surface area contributed by atoms with Crippen LogP contribution in [-0.2, 0) is 11.8 Å². The van der Waals surface area contributed by atoms with Gasteiger partial charge >= 0.3 is 5.97 Å². The molecule has 84 valence electrons. The van der Waals surface area contributed by atoms with Crippen LogP contribution >= 0.6 is 0 Å². The van der Waals surface area contributed by atoms with Gasteiger partial charge in [0.05, 0.1) is 30.3 Å². The van der Waals surface area contributed by atoms with Crippen LogP contribution in [0.2, 0.25) is 0 Å². The van der Waals surface area contributed by atoms with E-state index in [1.54, 1.807) is 13.2 Å². The van der Waals surface area contributed by atoms with Gasteiger partial charge in [-0.15, -0.1) is 0 Å². The lowest BCUT2D eigenvalue weighted by molar-refractivity contribution is 0.0594. The Kier molecular flexibility index (Phi) is 2.35. The molecule has 0 aliphatic carbocycles. The zero-order chi connectivity index (χ0) is 11.7. The number of nitrogens with one attached hydrogen (secondary N) is 1. The Hall–Kier alpha value is -2.31. The quantitative estimate of drug-likeness (QED) is 0.705. The maximum atomic E-state index is 11.5. The summed E-state index contributed by atoms with van der Waals surface area (Å²) in [4.78, 5) is 11.5. The molecule has 3 N–H and O–H groups in total. The average Bonchev–Trinajstić information content (AvgIpc) is 2.83. The number of rotatable bonds is 2. The maximum Gasteiger partial charge on any atom is 0.359 e. The van der Waals surface area contributed by atoms with Gasteiger partial charge in [0.25, 0.3) is 0 Å². The van der Waals surface area contributed by atoms with Crippen molar-refractivity contribution in [1.82, 2.24) is 20.0 Å². The lowest BCUT2D eigenvalue weighted by Crippen LogP contribution is -2.05. The smallest absolute Gasteiger partial charge is 0.359 e. The van der Waals surface area contributed by atoms with Crippen LogP contribution in [0, 0.1) is 0 Å². The van der Waals surface area contributed by atoms with Gasteiger partial charge in [-0.05, 0) is 0 Å². The van der Waals surface area contributed by atoms with Crippen LogP contribution in [0.5, 0.6) is 0 Å². The van der Waals surface area contributed by atoms with Crippen LogP contribution in [0.25, 0.3) is 11.3 Å². The van der Waals surface area contributed by atoms with Crippen LogP contribution in [0.3, 0.4) is 0 Å². The Morgan fingerprint density at radius 2 is 2.38 bits per heavy atom. The van der Waals surface area contributed by atoms with Gasteiger partial charge < -0.3 is 10.5 Å². The first-order valence-electron chi connectivity index (χ1n) is 4.54. The molecule has 7 nitrogen and oxygen atoms in total. The normalized spacial score (nSPS) is 10.4. The predicted octanol–water partition coefficient (Wildman–Crippen LogP) is 0.179. The summed E-state index contributed by atoms with van der Waals surface area (Å²) >= 11 is 0. The third-order valence-corrected chi connectivity index (χ3v) is 2.15. The van der Waals surface area contributed by atoms with Gasteiger partial charge in [-0.1, -0.05) is 0 Å². The summed E-state index contributed by atoms with van der Waals surface area (Å²) in [7, 11) is 3.01. The van der Waals surface area contributed by atoms with Crippen molar-refractivity contribution in [3.05, 3.63) is 18.1 Å². The van der Waals surface area contributed by atoms with Gasteiger partial charge in [-0.25, -0.2) is 4.79 Å². The van der Waals surface area contributed by atoms with E-state index in [1.165, 1.54) is 18.0 Å². The van der Waals surface area contributed by atoms with Gasteiger partial charge in [0.2, 0.25) is 0 Å². The first kappa shape index (κ1) is 10.2. The molecule has 0 aliphatic rings. The summed E-state index contributed by atoms with van der Waals surface area (Å²) in [5.41, 5.74) is 7.51. The largest absolute Gasteiger partial charge is 0.464 e. The lowest BCUT2D eigenvalue weighted by Gasteiger charge is -1.98. The van der Waals surface area contributed by atoms with Crippen molar-refractivity contribution >= 4 is 11.7 Å². The molecule has 0 fully saturated rings. The van der Waals surface area contributed by atoms with E-state index in [2.05, 4.69) is 20.0 Å². The summed E-state index contributed by atoms with van der Waals surface area (Å²) in [5, 5.41) is 10.5. The molecule has 0 atom stereocenters. The van der Waals surface area contributed by atoms with E-state index in [0.717, 1.165) is 0 Å². The molecule has 0 unspecified atom stereocenters. The number of anilines is 1. The SMILES string of the molecule is COC(=O)c1nn(C)cc1-c1[nH]ncc1N. The molecule has 16 heavy (non-hydrogen) atoms. The summed E-state index contributed by atoms with van der Waals surface area (Å²) < 4.78 is 6.15. The molecular weight excluding hydrogens is 210 g/mol. The number of carbonyl (C=O) groups is 1. The minimum atomic E-state index is -0.510. The van der Waals surface area contributed by atoms with Crippen LogP contribution in [0.4, 0.5) is 5.69 Å². The number of nitrogens with two attached hydrogens (primary N) is 1. The Morgan fingerprint density at radius 3 is 2.94 bits per heavy atom. The number of hydrogen-bond acceptors (Lipinski definition) is 5. The van der Waals surface area contributed by atoms with Crippen LogP contribution < -0.4 is 5.73 Å². The second-order valence-corrected chi connectivity index (χ2v) is 3.26. The van der Waals surface area contributed by atoms with Crippen LogP contribution in [0.15, 0.2) is 12.4 Å². The predicted molar refractivity (Wildman–Crippen MR) is 56.5 cm³/mol. The molecule has 2 aromatic rings. The minimum Gasteiger partial charge on any atom is -0.464 e. The van der Waals surface area contributed by atoms with Gasteiger partial charge in [-0.2, -0.15) is 10.2 Å². The molecule has 0 aliphatic heterocycles. The van der Waals surface area contributed by atoms with E-state index in [1.807, 2.05) is 0 Å². The molecule has 0 bridgehead atoms. The number of ether oxygens (including phenoxy) is 1. The summed E-state index contributed by atoms with van der Waals surface area (Å²) in [6, 6.07) is 0. The Balaban J connectivity index is 2.57. The van der Waals surface area contributed by atoms with Crippen molar-refractivity contribution in [2.75, 3.05) is 12.8 Å². The summed E-state index contributed by atoms with van der Waals surface area (Å²) in [6.45, 7) is 0. The molecule has 0 saturated carbocycles. The highest BCUT2D eigenvalue weighted by atomic mass is 16.5. The van der Waals surface area contributed by atoms with Crippen LogP contribution in [0.1, 0.15) is 10.5 Å². The highest BCUT2D eigenvalue weighted by molar-refractivity contribution is 5.96. The fourth-order valence-electron chi connectivity index (χ4n) is 1.43. The first-order chi connectivity index (χ1) is 7.63. The number of aromatic amines is 1. The van der Waals surface area contributed by atoms with Crippen molar-refractivity contribution in [2.24, 2.45) is 7.05 Å². The second-order valence-electron chi connectivity index (χ2n) is 3.26. The maximum absolute atomic E-state index is 11.5. The Bertz CT molecular complexity index is 528. The molecule has 0 radical (unpaired) electrons. The highest BCUT2D eigenvalue weighted by Crippen LogP contribution is 2.25. The molecule has 0 spiro atoms. The van der Waals surface area contributed by atoms with E-state index < -0.39 is 5.97 Å². The van der Waals surface area contributed by atoms with E-state index in [-0.39, 0.29) is 5.69 Å². The molecule has 0 amide bonds. The number of methoxy groups -OCH3 is 1. The monoisotopic (exact) mass is 221 g/mol. The van der Waals surface area contributed by atoms with Crippen molar-refractivity contribution in [2.45, 2.75) is 0 Å². The van der Waals surface area contributed by atoms with Crippen molar-refractivity contribution in [1.29, 1.82) is 0 Å². The molecule has 2 aromatic heterocycles.